The lowest BCUT2D eigenvalue weighted by molar-refractivity contribution is -0.141. The normalized spacial score (nSPS) is 22.5. The molecule has 1 amide bonds. The van der Waals surface area contributed by atoms with Crippen LogP contribution in [0, 0.1) is 0 Å². The highest BCUT2D eigenvalue weighted by Gasteiger charge is 2.39. The lowest BCUT2D eigenvalue weighted by atomic mass is 10.1. The van der Waals surface area contributed by atoms with E-state index < -0.39 is 24.0 Å². The summed E-state index contributed by atoms with van der Waals surface area (Å²) in [5.74, 6) is -1.54. The second-order valence-corrected chi connectivity index (χ2v) is 4.56. The Kier molecular flexibility index (Phi) is 3.82. The second kappa shape index (κ2) is 5.38. The van der Waals surface area contributed by atoms with Crippen LogP contribution in [0.15, 0.2) is 24.3 Å². The Balaban J connectivity index is 2.20. The molecule has 0 aromatic heterocycles. The molecule has 1 aromatic rings. The number of β-amino-alcohol motifs (C(OH)–C–C–N with tert-alkyl or cyclic N) is 1. The Labute approximate surface area is 109 Å². The van der Waals surface area contributed by atoms with E-state index >= 15 is 0 Å². The number of likely N-dealkylation sites (tertiary alicyclic amines) is 1. The summed E-state index contributed by atoms with van der Waals surface area (Å²) in [6.45, 7) is -0.0911. The van der Waals surface area contributed by atoms with Gasteiger partial charge in [0.25, 0.3) is 5.91 Å². The maximum absolute atomic E-state index is 12.2. The highest BCUT2D eigenvalue weighted by Crippen LogP contribution is 2.21. The first-order valence-corrected chi connectivity index (χ1v) is 5.94. The number of carboxylic acid groups (broad SMARTS) is 1. The molecule has 0 aliphatic carbocycles. The largest absolute Gasteiger partial charge is 0.480 e. The maximum atomic E-state index is 12.2. The third-order valence-corrected chi connectivity index (χ3v) is 3.21. The summed E-state index contributed by atoms with van der Waals surface area (Å²) in [7, 11) is 0. The smallest absolute Gasteiger partial charge is 0.326 e. The third-order valence-electron chi connectivity index (χ3n) is 3.21. The second-order valence-electron chi connectivity index (χ2n) is 4.56. The fourth-order valence-electron chi connectivity index (χ4n) is 2.19. The molecule has 0 unspecified atom stereocenters. The zero-order chi connectivity index (χ0) is 14.0. The van der Waals surface area contributed by atoms with E-state index in [4.69, 9.17) is 10.2 Å². The maximum Gasteiger partial charge on any atom is 0.326 e. The van der Waals surface area contributed by atoms with E-state index in [9.17, 15) is 14.7 Å². The molecule has 0 spiro atoms. The van der Waals surface area contributed by atoms with Crippen LogP contribution in [0.1, 0.15) is 22.3 Å². The van der Waals surface area contributed by atoms with Crippen LogP contribution in [-0.4, -0.2) is 50.8 Å². The number of aliphatic hydroxyl groups excluding tert-OH is 2. The van der Waals surface area contributed by atoms with Gasteiger partial charge in [0.15, 0.2) is 0 Å². The summed E-state index contributed by atoms with van der Waals surface area (Å²) < 4.78 is 0. The van der Waals surface area contributed by atoms with E-state index in [2.05, 4.69) is 0 Å². The van der Waals surface area contributed by atoms with E-state index in [0.717, 1.165) is 0 Å². The fourth-order valence-corrected chi connectivity index (χ4v) is 2.19. The van der Waals surface area contributed by atoms with Gasteiger partial charge in [-0.1, -0.05) is 12.1 Å². The minimum absolute atomic E-state index is 0.0253. The molecule has 1 aromatic carbocycles. The van der Waals surface area contributed by atoms with Gasteiger partial charge in [0.1, 0.15) is 6.04 Å². The molecule has 3 N–H and O–H groups in total. The molecule has 6 heteroatoms. The van der Waals surface area contributed by atoms with Crippen molar-refractivity contribution in [2.24, 2.45) is 0 Å². The molecule has 1 saturated heterocycles. The lowest BCUT2D eigenvalue weighted by Gasteiger charge is -2.21. The quantitative estimate of drug-likeness (QED) is 0.705. The Bertz CT molecular complexity index is 484. The number of carbonyl (C=O) groups excluding carboxylic acids is 1. The van der Waals surface area contributed by atoms with Crippen LogP contribution in [0.4, 0.5) is 0 Å². The van der Waals surface area contributed by atoms with Crippen molar-refractivity contribution in [1.29, 1.82) is 0 Å². The predicted molar refractivity (Wildman–Crippen MR) is 65.4 cm³/mol. The van der Waals surface area contributed by atoms with Crippen molar-refractivity contribution < 1.29 is 24.9 Å². The average Bonchev–Trinajstić information content (AvgIpc) is 2.80. The minimum atomic E-state index is -1.11. The van der Waals surface area contributed by atoms with Crippen molar-refractivity contribution in [2.45, 2.75) is 25.2 Å². The molecule has 2 atom stereocenters. The molecule has 102 valence electrons. The minimum Gasteiger partial charge on any atom is -0.480 e. The first-order valence-electron chi connectivity index (χ1n) is 5.94. The Morgan fingerprint density at radius 2 is 1.89 bits per heavy atom. The van der Waals surface area contributed by atoms with Gasteiger partial charge in [-0.2, -0.15) is 0 Å². The first-order chi connectivity index (χ1) is 9.02. The van der Waals surface area contributed by atoms with Crippen LogP contribution in [-0.2, 0) is 11.4 Å². The van der Waals surface area contributed by atoms with Gasteiger partial charge < -0.3 is 20.2 Å². The first kappa shape index (κ1) is 13.5. The molecule has 0 saturated carbocycles. The van der Waals surface area contributed by atoms with Gasteiger partial charge in [0.2, 0.25) is 0 Å². The number of carboxylic acids is 1. The number of nitrogens with zero attached hydrogens (tertiary/aromatic N) is 1. The molecule has 1 aliphatic heterocycles. The van der Waals surface area contributed by atoms with Gasteiger partial charge in [-0.15, -0.1) is 0 Å². The Hall–Kier alpha value is -1.92. The lowest BCUT2D eigenvalue weighted by Crippen LogP contribution is -2.40. The van der Waals surface area contributed by atoms with Gasteiger partial charge >= 0.3 is 5.97 Å². The van der Waals surface area contributed by atoms with Crippen molar-refractivity contribution >= 4 is 11.9 Å². The van der Waals surface area contributed by atoms with Crippen molar-refractivity contribution in [2.75, 3.05) is 6.54 Å². The van der Waals surface area contributed by atoms with Crippen molar-refractivity contribution in [3.05, 3.63) is 35.4 Å². The highest BCUT2D eigenvalue weighted by atomic mass is 16.4. The highest BCUT2D eigenvalue weighted by molar-refractivity contribution is 5.97. The van der Waals surface area contributed by atoms with Crippen LogP contribution in [0.5, 0.6) is 0 Å². The molecule has 0 radical (unpaired) electrons. The molecule has 1 fully saturated rings. The number of hydrogen-bond acceptors (Lipinski definition) is 4. The van der Waals surface area contributed by atoms with Gasteiger partial charge in [0.05, 0.1) is 12.7 Å². The van der Waals surface area contributed by atoms with Crippen molar-refractivity contribution in [3.63, 3.8) is 0 Å². The van der Waals surface area contributed by atoms with Crippen LogP contribution in [0.3, 0.4) is 0 Å². The summed E-state index contributed by atoms with van der Waals surface area (Å²) in [5.41, 5.74) is 1.02. The van der Waals surface area contributed by atoms with Gasteiger partial charge in [-0.05, 0) is 17.7 Å². The third kappa shape index (κ3) is 2.74. The molecular formula is C13H15NO5. The summed E-state index contributed by atoms with van der Waals surface area (Å²) >= 11 is 0. The number of benzene rings is 1. The van der Waals surface area contributed by atoms with Gasteiger partial charge in [-0.25, -0.2) is 4.79 Å². The van der Waals surface area contributed by atoms with E-state index in [-0.39, 0.29) is 19.6 Å². The van der Waals surface area contributed by atoms with E-state index in [1.54, 1.807) is 12.1 Å². The zero-order valence-corrected chi connectivity index (χ0v) is 10.2. The van der Waals surface area contributed by atoms with E-state index in [1.807, 2.05) is 0 Å². The fraction of sp³-hybridized carbons (Fsp3) is 0.385. The SMILES string of the molecule is O=C(O)[C@@H]1C[C@@H](O)CN1C(=O)c1ccc(CO)cc1. The summed E-state index contributed by atoms with van der Waals surface area (Å²) in [4.78, 5) is 24.4. The zero-order valence-electron chi connectivity index (χ0n) is 10.2. The van der Waals surface area contributed by atoms with Crippen LogP contribution in [0.2, 0.25) is 0 Å². The number of aliphatic carboxylic acids is 1. The monoisotopic (exact) mass is 265 g/mol. The number of carbonyl (C=O) groups is 2. The van der Waals surface area contributed by atoms with Crippen molar-refractivity contribution in [3.8, 4) is 0 Å². The number of aliphatic hydroxyl groups is 2. The van der Waals surface area contributed by atoms with Crippen LogP contribution >= 0.6 is 0 Å². The standard InChI is InChI=1S/C13H15NO5/c15-7-8-1-3-9(4-2-8)12(17)14-6-10(16)5-11(14)13(18)19/h1-4,10-11,15-16H,5-7H2,(H,18,19)/t10-,11+/m1/s1. The summed E-state index contributed by atoms with van der Waals surface area (Å²) in [5, 5.41) is 27.5. The van der Waals surface area contributed by atoms with E-state index in [0.29, 0.717) is 11.1 Å². The molecule has 0 bridgehead atoms. The summed E-state index contributed by atoms with van der Waals surface area (Å²) in [6.07, 6.45) is -0.753. The topological polar surface area (TPSA) is 98.1 Å². The molecule has 2 rings (SSSR count). The van der Waals surface area contributed by atoms with Crippen LogP contribution in [0.25, 0.3) is 0 Å². The average molecular weight is 265 g/mol. The number of amides is 1. The van der Waals surface area contributed by atoms with E-state index in [1.165, 1.54) is 17.0 Å². The van der Waals surface area contributed by atoms with Crippen molar-refractivity contribution in [1.82, 2.24) is 4.90 Å². The van der Waals surface area contributed by atoms with Gasteiger partial charge in [-0.3, -0.25) is 4.79 Å². The predicted octanol–water partition coefficient (Wildman–Crippen LogP) is -0.161. The molecule has 1 heterocycles. The molecule has 6 nitrogen and oxygen atoms in total. The van der Waals surface area contributed by atoms with Gasteiger partial charge in [0, 0.05) is 18.5 Å². The number of rotatable bonds is 3. The molecule has 1 aliphatic rings. The Morgan fingerprint density at radius 3 is 2.42 bits per heavy atom. The molecule has 19 heavy (non-hydrogen) atoms. The number of hydrogen-bond donors (Lipinski definition) is 3. The van der Waals surface area contributed by atoms with Crippen LogP contribution < -0.4 is 0 Å². The molecular weight excluding hydrogens is 250 g/mol. The summed E-state index contributed by atoms with van der Waals surface area (Å²) in [6, 6.07) is 5.31. The Morgan fingerprint density at radius 1 is 1.26 bits per heavy atom.